The molecule has 2 amide bonds. The molecule has 25 heavy (non-hydrogen) atoms. The summed E-state index contributed by atoms with van der Waals surface area (Å²) in [6.07, 6.45) is 3.07. The summed E-state index contributed by atoms with van der Waals surface area (Å²) in [5, 5.41) is 5.75. The molecule has 0 bridgehead atoms. The topological polar surface area (TPSA) is 67.4 Å². The van der Waals surface area contributed by atoms with Crippen molar-refractivity contribution in [2.45, 2.75) is 58.8 Å². The van der Waals surface area contributed by atoms with Crippen molar-refractivity contribution in [3.05, 3.63) is 35.9 Å². The van der Waals surface area contributed by atoms with Crippen LogP contribution in [-0.2, 0) is 20.9 Å². The summed E-state index contributed by atoms with van der Waals surface area (Å²) in [6, 6.07) is 9.70. The first kappa shape index (κ1) is 19.4. The van der Waals surface area contributed by atoms with E-state index in [9.17, 15) is 9.59 Å². The van der Waals surface area contributed by atoms with Crippen molar-refractivity contribution >= 4 is 11.8 Å². The summed E-state index contributed by atoms with van der Waals surface area (Å²) in [7, 11) is 0. The molecule has 0 aromatic heterocycles. The zero-order valence-corrected chi connectivity index (χ0v) is 15.5. The van der Waals surface area contributed by atoms with E-state index < -0.39 is 6.04 Å². The Labute approximate surface area is 150 Å². The van der Waals surface area contributed by atoms with Gasteiger partial charge in [-0.1, -0.05) is 50.6 Å². The minimum atomic E-state index is -0.451. The number of carbonyl (C=O) groups is 2. The molecule has 0 radical (unpaired) electrons. The molecule has 0 heterocycles. The summed E-state index contributed by atoms with van der Waals surface area (Å²) in [6.45, 7) is 6.74. The van der Waals surface area contributed by atoms with Crippen LogP contribution in [0.5, 0.6) is 0 Å². The third kappa shape index (κ3) is 6.16. The lowest BCUT2D eigenvalue weighted by Crippen LogP contribution is -2.51. The number of rotatable bonds is 9. The maximum Gasteiger partial charge on any atom is 0.242 e. The number of ether oxygens (including phenoxy) is 1. The summed E-state index contributed by atoms with van der Waals surface area (Å²) in [5.74, 6) is 0.323. The molecule has 1 aliphatic rings. The lowest BCUT2D eigenvalue weighted by atomic mass is 9.82. The number of amides is 2. The van der Waals surface area contributed by atoms with Crippen molar-refractivity contribution < 1.29 is 14.3 Å². The molecule has 1 saturated carbocycles. The number of hydrogen-bond donors (Lipinski definition) is 2. The van der Waals surface area contributed by atoms with Gasteiger partial charge in [0.15, 0.2) is 0 Å². The molecule has 0 aliphatic heterocycles. The van der Waals surface area contributed by atoms with E-state index in [1.54, 1.807) is 0 Å². The van der Waals surface area contributed by atoms with Crippen LogP contribution < -0.4 is 10.6 Å². The highest BCUT2D eigenvalue weighted by Crippen LogP contribution is 2.30. The largest absolute Gasteiger partial charge is 0.374 e. The van der Waals surface area contributed by atoms with Crippen molar-refractivity contribution in [2.75, 3.05) is 6.54 Å². The van der Waals surface area contributed by atoms with Gasteiger partial charge in [-0.3, -0.25) is 9.59 Å². The summed E-state index contributed by atoms with van der Waals surface area (Å²) in [5.41, 5.74) is 1.19. The molecular weight excluding hydrogens is 316 g/mol. The van der Waals surface area contributed by atoms with Crippen LogP contribution in [0.25, 0.3) is 0 Å². The Morgan fingerprint density at radius 1 is 1.24 bits per heavy atom. The van der Waals surface area contributed by atoms with Gasteiger partial charge in [0.05, 0.1) is 12.7 Å². The zero-order chi connectivity index (χ0) is 18.2. The van der Waals surface area contributed by atoms with Crippen LogP contribution in [0.1, 0.15) is 45.6 Å². The van der Waals surface area contributed by atoms with Gasteiger partial charge in [0.2, 0.25) is 11.8 Å². The van der Waals surface area contributed by atoms with E-state index in [4.69, 9.17) is 4.74 Å². The lowest BCUT2D eigenvalue weighted by Gasteiger charge is -2.35. The van der Waals surface area contributed by atoms with E-state index in [0.29, 0.717) is 19.1 Å². The van der Waals surface area contributed by atoms with Crippen LogP contribution >= 0.6 is 0 Å². The first-order valence-electron chi connectivity index (χ1n) is 9.20. The number of hydrogen-bond acceptors (Lipinski definition) is 3. The van der Waals surface area contributed by atoms with Gasteiger partial charge in [-0.2, -0.15) is 0 Å². The number of carbonyl (C=O) groups excluding carboxylic acids is 2. The fourth-order valence-corrected chi connectivity index (χ4v) is 3.04. The van der Waals surface area contributed by atoms with Crippen molar-refractivity contribution in [3.8, 4) is 0 Å². The molecule has 0 unspecified atom stereocenters. The van der Waals surface area contributed by atoms with Crippen molar-refractivity contribution in [3.63, 3.8) is 0 Å². The Kier molecular flexibility index (Phi) is 7.44. The van der Waals surface area contributed by atoms with Crippen LogP contribution in [-0.4, -0.2) is 30.5 Å². The second-order valence-electron chi connectivity index (χ2n) is 7.06. The molecule has 138 valence electrons. The van der Waals surface area contributed by atoms with Crippen LogP contribution in [0.15, 0.2) is 30.3 Å². The standard InChI is InChI=1S/C20H30N2O3/c1-4-14(2)19(22-15(3)23)20(24)21-12-17-10-18(11-17)25-13-16-8-6-5-7-9-16/h5-9,14,17-19H,4,10-13H2,1-3H3,(H,21,24)(H,22,23)/t14-,17?,18?,19-/m0/s1. The summed E-state index contributed by atoms with van der Waals surface area (Å²) >= 11 is 0. The van der Waals surface area contributed by atoms with Crippen LogP contribution in [0.4, 0.5) is 0 Å². The quantitative estimate of drug-likeness (QED) is 0.722. The second kappa shape index (κ2) is 9.56. The predicted molar refractivity (Wildman–Crippen MR) is 97.8 cm³/mol. The molecule has 1 aromatic carbocycles. The van der Waals surface area contributed by atoms with Gasteiger partial charge in [0.1, 0.15) is 6.04 Å². The van der Waals surface area contributed by atoms with Gasteiger partial charge in [0, 0.05) is 13.5 Å². The fraction of sp³-hybridized carbons (Fsp3) is 0.600. The minimum Gasteiger partial charge on any atom is -0.374 e. The normalized spacial score (nSPS) is 21.7. The molecule has 1 fully saturated rings. The van der Waals surface area contributed by atoms with Gasteiger partial charge in [0.25, 0.3) is 0 Å². The molecule has 2 atom stereocenters. The highest BCUT2D eigenvalue weighted by Gasteiger charge is 2.31. The Bertz CT molecular complexity index is 555. The minimum absolute atomic E-state index is 0.0850. The summed E-state index contributed by atoms with van der Waals surface area (Å²) < 4.78 is 5.89. The molecule has 0 spiro atoms. The van der Waals surface area contributed by atoms with E-state index in [-0.39, 0.29) is 23.8 Å². The van der Waals surface area contributed by atoms with Gasteiger partial charge < -0.3 is 15.4 Å². The molecule has 1 aliphatic carbocycles. The number of benzene rings is 1. The van der Waals surface area contributed by atoms with Crippen LogP contribution in [0.2, 0.25) is 0 Å². The van der Waals surface area contributed by atoms with Crippen molar-refractivity contribution in [1.82, 2.24) is 10.6 Å². The average Bonchev–Trinajstić information content (AvgIpc) is 2.57. The Morgan fingerprint density at radius 3 is 2.52 bits per heavy atom. The Morgan fingerprint density at radius 2 is 1.92 bits per heavy atom. The molecule has 5 nitrogen and oxygen atoms in total. The first-order chi connectivity index (χ1) is 12.0. The highest BCUT2D eigenvalue weighted by atomic mass is 16.5. The van der Waals surface area contributed by atoms with Crippen molar-refractivity contribution in [1.29, 1.82) is 0 Å². The molecule has 5 heteroatoms. The smallest absolute Gasteiger partial charge is 0.242 e. The maximum absolute atomic E-state index is 12.4. The average molecular weight is 346 g/mol. The summed E-state index contributed by atoms with van der Waals surface area (Å²) in [4.78, 5) is 23.7. The van der Waals surface area contributed by atoms with Gasteiger partial charge in [-0.05, 0) is 30.2 Å². The van der Waals surface area contributed by atoms with Gasteiger partial charge >= 0.3 is 0 Å². The predicted octanol–water partition coefficient (Wildman–Crippen LogP) is 2.65. The SMILES string of the molecule is CC[C@H](C)[C@H](NC(C)=O)C(=O)NCC1CC(OCc2ccccc2)C1. The van der Waals surface area contributed by atoms with Crippen LogP contribution in [0.3, 0.4) is 0 Å². The molecule has 0 saturated heterocycles. The lowest BCUT2D eigenvalue weighted by molar-refractivity contribution is -0.129. The van der Waals surface area contributed by atoms with E-state index in [0.717, 1.165) is 19.3 Å². The van der Waals surface area contributed by atoms with E-state index in [1.807, 2.05) is 32.0 Å². The van der Waals surface area contributed by atoms with Crippen LogP contribution in [0, 0.1) is 11.8 Å². The third-order valence-electron chi connectivity index (χ3n) is 4.94. The van der Waals surface area contributed by atoms with E-state index >= 15 is 0 Å². The van der Waals surface area contributed by atoms with E-state index in [1.165, 1.54) is 12.5 Å². The monoisotopic (exact) mass is 346 g/mol. The van der Waals surface area contributed by atoms with E-state index in [2.05, 4.69) is 22.8 Å². The Hall–Kier alpha value is -1.88. The second-order valence-corrected chi connectivity index (χ2v) is 7.06. The zero-order valence-electron chi connectivity index (χ0n) is 15.5. The molecule has 2 rings (SSSR count). The first-order valence-corrected chi connectivity index (χ1v) is 9.20. The Balaban J connectivity index is 1.66. The van der Waals surface area contributed by atoms with Gasteiger partial charge in [-0.15, -0.1) is 0 Å². The highest BCUT2D eigenvalue weighted by molar-refractivity contribution is 5.87. The van der Waals surface area contributed by atoms with Gasteiger partial charge in [-0.25, -0.2) is 0 Å². The van der Waals surface area contributed by atoms with Crippen molar-refractivity contribution in [2.24, 2.45) is 11.8 Å². The number of nitrogens with one attached hydrogen (secondary N) is 2. The third-order valence-corrected chi connectivity index (χ3v) is 4.94. The molecule has 1 aromatic rings. The maximum atomic E-state index is 12.4. The molecular formula is C20H30N2O3. The molecule has 2 N–H and O–H groups in total. The fourth-order valence-electron chi connectivity index (χ4n) is 3.04.